The summed E-state index contributed by atoms with van der Waals surface area (Å²) in [7, 11) is 0. The van der Waals surface area contributed by atoms with Crippen molar-refractivity contribution in [2.45, 2.75) is 39.2 Å². The summed E-state index contributed by atoms with van der Waals surface area (Å²) in [5.74, 6) is -1.24. The summed E-state index contributed by atoms with van der Waals surface area (Å²) in [4.78, 5) is 24.9. The van der Waals surface area contributed by atoms with Gasteiger partial charge in [-0.2, -0.15) is 0 Å². The van der Waals surface area contributed by atoms with Crippen LogP contribution in [0.4, 0.5) is 0 Å². The van der Waals surface area contributed by atoms with E-state index in [2.05, 4.69) is 0 Å². The average Bonchev–Trinajstić information content (AvgIpc) is 2.38. The summed E-state index contributed by atoms with van der Waals surface area (Å²) < 4.78 is 0. The number of aryl methyl sites for hydroxylation is 1. The van der Waals surface area contributed by atoms with E-state index in [1.807, 2.05) is 0 Å². The molecule has 1 N–H and O–H groups in total. The molecule has 0 radical (unpaired) electrons. The van der Waals surface area contributed by atoms with Gasteiger partial charge < -0.3 is 10.0 Å². The third-order valence-corrected chi connectivity index (χ3v) is 4.03. The van der Waals surface area contributed by atoms with Gasteiger partial charge in [0.1, 0.15) is 5.54 Å². The Morgan fingerprint density at radius 2 is 1.90 bits per heavy atom. The van der Waals surface area contributed by atoms with E-state index in [1.54, 1.807) is 25.1 Å². The van der Waals surface area contributed by atoms with Crippen molar-refractivity contribution in [3.63, 3.8) is 0 Å². The summed E-state index contributed by atoms with van der Waals surface area (Å²) >= 11 is 11.9. The Balaban J connectivity index is 2.78. The second-order valence-corrected chi connectivity index (χ2v) is 6.08. The lowest BCUT2D eigenvalue weighted by Crippen LogP contribution is -2.52. The van der Waals surface area contributed by atoms with Crippen molar-refractivity contribution in [1.29, 1.82) is 0 Å². The zero-order chi connectivity index (χ0) is 16.2. The predicted molar refractivity (Wildman–Crippen MR) is 83.9 cm³/mol. The smallest absolute Gasteiger partial charge is 0.329 e. The molecular formula is C15H19Cl2NO3. The maximum atomic E-state index is 12.3. The van der Waals surface area contributed by atoms with Gasteiger partial charge in [-0.25, -0.2) is 4.79 Å². The van der Waals surface area contributed by atoms with Crippen molar-refractivity contribution in [2.75, 3.05) is 6.54 Å². The number of carbonyl (C=O) groups excluding carboxylic acids is 1. The van der Waals surface area contributed by atoms with Crippen molar-refractivity contribution in [3.05, 3.63) is 33.8 Å². The maximum absolute atomic E-state index is 12.3. The Bertz CT molecular complexity index is 544. The lowest BCUT2D eigenvalue weighted by Gasteiger charge is -2.34. The van der Waals surface area contributed by atoms with Gasteiger partial charge in [0.05, 0.1) is 0 Å². The molecule has 1 aromatic rings. The summed E-state index contributed by atoms with van der Waals surface area (Å²) in [5, 5.41) is 10.3. The topological polar surface area (TPSA) is 57.6 Å². The lowest BCUT2D eigenvalue weighted by atomic mass is 10.0. The lowest BCUT2D eigenvalue weighted by molar-refractivity contribution is -0.156. The van der Waals surface area contributed by atoms with Crippen LogP contribution >= 0.6 is 23.2 Å². The van der Waals surface area contributed by atoms with Gasteiger partial charge in [0.2, 0.25) is 5.91 Å². The van der Waals surface area contributed by atoms with Gasteiger partial charge in [-0.3, -0.25) is 4.79 Å². The van der Waals surface area contributed by atoms with E-state index in [0.717, 1.165) is 5.56 Å². The summed E-state index contributed by atoms with van der Waals surface area (Å²) in [6.45, 7) is 5.14. The minimum Gasteiger partial charge on any atom is -0.480 e. The fraction of sp³-hybridized carbons (Fsp3) is 0.467. The summed E-state index contributed by atoms with van der Waals surface area (Å²) in [5.41, 5.74) is -0.408. The molecule has 0 fully saturated rings. The van der Waals surface area contributed by atoms with E-state index < -0.39 is 11.5 Å². The van der Waals surface area contributed by atoms with Crippen molar-refractivity contribution in [3.8, 4) is 0 Å². The predicted octanol–water partition coefficient (Wildman–Crippen LogP) is 3.64. The van der Waals surface area contributed by atoms with E-state index >= 15 is 0 Å². The summed E-state index contributed by atoms with van der Waals surface area (Å²) in [6, 6.07) is 5.12. The first-order chi connectivity index (χ1) is 9.70. The molecular weight excluding hydrogens is 313 g/mol. The molecule has 0 aliphatic heterocycles. The molecule has 1 rings (SSSR count). The zero-order valence-electron chi connectivity index (χ0n) is 12.3. The van der Waals surface area contributed by atoms with Crippen LogP contribution in [0.5, 0.6) is 0 Å². The molecule has 0 saturated carbocycles. The van der Waals surface area contributed by atoms with Gasteiger partial charge in [-0.05, 0) is 44.9 Å². The molecule has 0 bridgehead atoms. The summed E-state index contributed by atoms with van der Waals surface area (Å²) in [6.07, 6.45) is 0.646. The number of hydrogen-bond donors (Lipinski definition) is 1. The first kappa shape index (κ1) is 17.8. The quantitative estimate of drug-likeness (QED) is 0.865. The number of carboxylic acids is 1. The van der Waals surface area contributed by atoms with Crippen LogP contribution in [-0.2, 0) is 16.0 Å². The number of amides is 1. The van der Waals surface area contributed by atoms with Crippen LogP contribution in [0.15, 0.2) is 18.2 Å². The Kier molecular flexibility index (Phi) is 6.05. The number of carboxylic acid groups (broad SMARTS) is 1. The molecule has 0 aliphatic rings. The second kappa shape index (κ2) is 7.14. The highest BCUT2D eigenvalue weighted by Gasteiger charge is 2.36. The Morgan fingerprint density at radius 3 is 2.38 bits per heavy atom. The first-order valence-corrected chi connectivity index (χ1v) is 7.43. The number of carbonyl (C=O) groups is 2. The van der Waals surface area contributed by atoms with E-state index in [0.29, 0.717) is 23.0 Å². The second-order valence-electron chi connectivity index (χ2n) is 5.24. The molecule has 116 valence electrons. The first-order valence-electron chi connectivity index (χ1n) is 6.68. The molecule has 4 nitrogen and oxygen atoms in total. The highest BCUT2D eigenvalue weighted by atomic mass is 35.5. The van der Waals surface area contributed by atoms with Crippen molar-refractivity contribution < 1.29 is 14.7 Å². The van der Waals surface area contributed by atoms with Gasteiger partial charge >= 0.3 is 5.97 Å². The highest BCUT2D eigenvalue weighted by molar-refractivity contribution is 6.35. The molecule has 0 saturated heterocycles. The Labute approximate surface area is 134 Å². The fourth-order valence-electron chi connectivity index (χ4n) is 2.10. The van der Waals surface area contributed by atoms with Gasteiger partial charge in [-0.1, -0.05) is 29.3 Å². The SMILES string of the molecule is CCN(C(=O)CCc1ccc(Cl)cc1Cl)C(C)(C)C(=O)O. The number of benzene rings is 1. The molecule has 0 aliphatic carbocycles. The number of rotatable bonds is 6. The molecule has 21 heavy (non-hydrogen) atoms. The monoisotopic (exact) mass is 331 g/mol. The maximum Gasteiger partial charge on any atom is 0.329 e. The van der Waals surface area contributed by atoms with Crippen LogP contribution in [0.1, 0.15) is 32.8 Å². The van der Waals surface area contributed by atoms with Crippen molar-refractivity contribution in [1.82, 2.24) is 4.90 Å². The van der Waals surface area contributed by atoms with Crippen LogP contribution in [0.25, 0.3) is 0 Å². The van der Waals surface area contributed by atoms with Crippen molar-refractivity contribution in [2.24, 2.45) is 0 Å². The molecule has 0 unspecified atom stereocenters. The van der Waals surface area contributed by atoms with E-state index in [-0.39, 0.29) is 12.3 Å². The number of halogens is 2. The van der Waals surface area contributed by atoms with Gasteiger partial charge in [0.15, 0.2) is 0 Å². The zero-order valence-corrected chi connectivity index (χ0v) is 13.8. The molecule has 0 spiro atoms. The third kappa shape index (κ3) is 4.35. The van der Waals surface area contributed by atoms with Gasteiger partial charge in [-0.15, -0.1) is 0 Å². The molecule has 1 amide bonds. The minimum absolute atomic E-state index is 0.200. The third-order valence-electron chi connectivity index (χ3n) is 3.44. The highest BCUT2D eigenvalue weighted by Crippen LogP contribution is 2.23. The van der Waals surface area contributed by atoms with E-state index in [1.165, 1.54) is 18.7 Å². The van der Waals surface area contributed by atoms with Crippen LogP contribution in [0.2, 0.25) is 10.0 Å². The number of nitrogens with zero attached hydrogens (tertiary/aromatic N) is 1. The van der Waals surface area contributed by atoms with Crippen LogP contribution < -0.4 is 0 Å². The number of aliphatic carboxylic acids is 1. The Morgan fingerprint density at radius 1 is 1.29 bits per heavy atom. The minimum atomic E-state index is -1.23. The van der Waals surface area contributed by atoms with Gasteiger partial charge in [0, 0.05) is 23.0 Å². The molecule has 1 aromatic carbocycles. The largest absolute Gasteiger partial charge is 0.480 e. The van der Waals surface area contributed by atoms with Crippen LogP contribution in [0.3, 0.4) is 0 Å². The number of hydrogen-bond acceptors (Lipinski definition) is 2. The van der Waals surface area contributed by atoms with Crippen LogP contribution in [0, 0.1) is 0 Å². The van der Waals surface area contributed by atoms with Crippen molar-refractivity contribution >= 4 is 35.1 Å². The van der Waals surface area contributed by atoms with E-state index in [9.17, 15) is 14.7 Å². The fourth-order valence-corrected chi connectivity index (χ4v) is 2.60. The molecule has 6 heteroatoms. The standard InChI is InChI=1S/C15H19Cl2NO3/c1-4-18(15(2,3)14(20)21)13(19)8-6-10-5-7-11(16)9-12(10)17/h5,7,9H,4,6,8H2,1-3H3,(H,20,21). The number of likely N-dealkylation sites (N-methyl/N-ethyl adjacent to an activating group) is 1. The molecule has 0 heterocycles. The van der Waals surface area contributed by atoms with E-state index in [4.69, 9.17) is 23.2 Å². The Hall–Kier alpha value is -1.26. The molecule has 0 aromatic heterocycles. The molecule has 0 atom stereocenters. The van der Waals surface area contributed by atoms with Crippen LogP contribution in [-0.4, -0.2) is 34.0 Å². The average molecular weight is 332 g/mol. The van der Waals surface area contributed by atoms with Gasteiger partial charge in [0.25, 0.3) is 0 Å². The normalized spacial score (nSPS) is 11.3.